The number of carbonyl (C=O) groups excluding carboxylic acids is 1. The number of rotatable bonds is 5. The maximum atomic E-state index is 11.9. The average molecular weight is 263 g/mol. The van der Waals surface area contributed by atoms with Crippen molar-refractivity contribution in [2.75, 3.05) is 18.9 Å². The van der Waals surface area contributed by atoms with E-state index < -0.39 is 0 Å². The first-order valence-electron chi connectivity index (χ1n) is 6.81. The fourth-order valence-corrected chi connectivity index (χ4v) is 2.34. The minimum Gasteiger partial charge on any atom is -0.462 e. The molecule has 2 N–H and O–H groups in total. The van der Waals surface area contributed by atoms with Crippen molar-refractivity contribution >= 4 is 11.7 Å². The molecular weight excluding hydrogens is 242 g/mol. The number of hydrogen-bond acceptors (Lipinski definition) is 4. The Balaban J connectivity index is 1.74. The van der Waals surface area contributed by atoms with Gasteiger partial charge in [-0.05, 0) is 56.4 Å². The zero-order chi connectivity index (χ0) is 13.7. The van der Waals surface area contributed by atoms with Gasteiger partial charge in [0, 0.05) is 12.3 Å². The number of benzene rings is 1. The smallest absolute Gasteiger partial charge is 0.338 e. The molecule has 1 aromatic rings. The number of ether oxygens (including phenoxy) is 2. The molecule has 0 radical (unpaired) electrons. The van der Waals surface area contributed by atoms with Crippen LogP contribution in [0.4, 0.5) is 5.69 Å². The quantitative estimate of drug-likeness (QED) is 0.504. The van der Waals surface area contributed by atoms with Gasteiger partial charge in [-0.15, -0.1) is 0 Å². The van der Waals surface area contributed by atoms with Crippen LogP contribution in [0.3, 0.4) is 0 Å². The van der Waals surface area contributed by atoms with E-state index in [0.717, 1.165) is 37.9 Å². The second-order valence-electron chi connectivity index (χ2n) is 4.99. The van der Waals surface area contributed by atoms with Crippen LogP contribution >= 0.6 is 0 Å². The summed E-state index contributed by atoms with van der Waals surface area (Å²) in [6, 6.07) is 5.21. The minimum atomic E-state index is -0.273. The van der Waals surface area contributed by atoms with Crippen LogP contribution < -0.4 is 5.73 Å². The molecule has 0 amide bonds. The van der Waals surface area contributed by atoms with E-state index in [1.54, 1.807) is 18.2 Å². The number of carbonyl (C=O) groups is 1. The lowest BCUT2D eigenvalue weighted by molar-refractivity contribution is 0.0460. The van der Waals surface area contributed by atoms with Crippen molar-refractivity contribution in [1.82, 2.24) is 0 Å². The first-order valence-corrected chi connectivity index (χ1v) is 6.81. The third kappa shape index (κ3) is 3.96. The van der Waals surface area contributed by atoms with Crippen LogP contribution in [0.1, 0.15) is 41.6 Å². The van der Waals surface area contributed by atoms with Gasteiger partial charge in [0.1, 0.15) is 0 Å². The van der Waals surface area contributed by atoms with Crippen LogP contribution in [0.15, 0.2) is 18.2 Å². The van der Waals surface area contributed by atoms with Crippen molar-refractivity contribution in [3.63, 3.8) is 0 Å². The number of anilines is 1. The average Bonchev–Trinajstić information content (AvgIpc) is 2.87. The van der Waals surface area contributed by atoms with E-state index in [-0.39, 0.29) is 5.97 Å². The lowest BCUT2D eigenvalue weighted by Crippen LogP contribution is -2.11. The summed E-state index contributed by atoms with van der Waals surface area (Å²) in [6.45, 7) is 3.18. The van der Waals surface area contributed by atoms with Gasteiger partial charge in [-0.3, -0.25) is 0 Å². The molecule has 19 heavy (non-hydrogen) atoms. The summed E-state index contributed by atoms with van der Waals surface area (Å²) in [5, 5.41) is 0. The predicted molar refractivity (Wildman–Crippen MR) is 74.1 cm³/mol. The molecule has 1 saturated heterocycles. The number of aryl methyl sites for hydroxylation is 1. The third-order valence-corrected chi connectivity index (χ3v) is 3.40. The zero-order valence-electron chi connectivity index (χ0n) is 11.4. The molecule has 1 atom stereocenters. The molecule has 1 aromatic carbocycles. The third-order valence-electron chi connectivity index (χ3n) is 3.40. The van der Waals surface area contributed by atoms with E-state index >= 15 is 0 Å². The number of nitrogens with two attached hydrogens (primary N) is 1. The van der Waals surface area contributed by atoms with Crippen LogP contribution in [-0.4, -0.2) is 25.3 Å². The monoisotopic (exact) mass is 263 g/mol. The first kappa shape index (κ1) is 13.9. The van der Waals surface area contributed by atoms with Gasteiger partial charge in [0.05, 0.1) is 18.3 Å². The van der Waals surface area contributed by atoms with Crippen LogP contribution in [0.2, 0.25) is 0 Å². The van der Waals surface area contributed by atoms with Gasteiger partial charge < -0.3 is 15.2 Å². The minimum absolute atomic E-state index is 0.273. The second-order valence-corrected chi connectivity index (χ2v) is 4.99. The van der Waals surface area contributed by atoms with E-state index in [9.17, 15) is 4.79 Å². The van der Waals surface area contributed by atoms with Gasteiger partial charge in [-0.2, -0.15) is 0 Å². The van der Waals surface area contributed by atoms with Crippen LogP contribution in [0, 0.1) is 6.92 Å². The van der Waals surface area contributed by atoms with E-state index in [1.807, 2.05) is 6.92 Å². The van der Waals surface area contributed by atoms with E-state index in [1.165, 1.54) is 0 Å². The lowest BCUT2D eigenvalue weighted by atomic mass is 10.1. The van der Waals surface area contributed by atoms with Crippen molar-refractivity contribution in [2.24, 2.45) is 0 Å². The molecule has 1 heterocycles. The Hall–Kier alpha value is -1.55. The van der Waals surface area contributed by atoms with Crippen LogP contribution in [0.5, 0.6) is 0 Å². The van der Waals surface area contributed by atoms with Gasteiger partial charge in [0.15, 0.2) is 0 Å². The van der Waals surface area contributed by atoms with Gasteiger partial charge in [0.2, 0.25) is 0 Å². The fraction of sp³-hybridized carbons (Fsp3) is 0.533. The Bertz CT molecular complexity index is 439. The number of esters is 1. The van der Waals surface area contributed by atoms with E-state index in [4.69, 9.17) is 15.2 Å². The highest BCUT2D eigenvalue weighted by atomic mass is 16.5. The van der Waals surface area contributed by atoms with Crippen LogP contribution in [0.25, 0.3) is 0 Å². The lowest BCUT2D eigenvalue weighted by Gasteiger charge is -2.10. The first-order chi connectivity index (χ1) is 9.16. The summed E-state index contributed by atoms with van der Waals surface area (Å²) in [5.74, 6) is -0.273. The Kier molecular flexibility index (Phi) is 4.80. The summed E-state index contributed by atoms with van der Waals surface area (Å²) in [6.07, 6.45) is 4.45. The molecule has 1 aliphatic rings. The SMILES string of the molecule is Cc1cc(N)ccc1C(=O)OCCCC1CCCO1. The zero-order valence-corrected chi connectivity index (χ0v) is 11.4. The molecule has 1 unspecified atom stereocenters. The molecule has 0 saturated carbocycles. The molecule has 1 aliphatic heterocycles. The largest absolute Gasteiger partial charge is 0.462 e. The van der Waals surface area contributed by atoms with Crippen molar-refractivity contribution in [3.05, 3.63) is 29.3 Å². The van der Waals surface area contributed by atoms with E-state index in [2.05, 4.69) is 0 Å². The maximum absolute atomic E-state index is 11.9. The Morgan fingerprint density at radius 2 is 2.37 bits per heavy atom. The molecule has 0 spiro atoms. The maximum Gasteiger partial charge on any atom is 0.338 e. The second kappa shape index (κ2) is 6.57. The highest BCUT2D eigenvalue weighted by Crippen LogP contribution is 2.17. The summed E-state index contributed by atoms with van der Waals surface area (Å²) in [5.41, 5.74) is 7.75. The molecule has 0 bridgehead atoms. The van der Waals surface area contributed by atoms with Crippen molar-refractivity contribution in [2.45, 2.75) is 38.7 Å². The van der Waals surface area contributed by atoms with Gasteiger partial charge >= 0.3 is 5.97 Å². The summed E-state index contributed by atoms with van der Waals surface area (Å²) < 4.78 is 10.8. The fourth-order valence-electron chi connectivity index (χ4n) is 2.34. The molecule has 104 valence electrons. The number of hydrogen-bond donors (Lipinski definition) is 1. The Morgan fingerprint density at radius 1 is 1.53 bits per heavy atom. The predicted octanol–water partition coefficient (Wildman–Crippen LogP) is 2.69. The van der Waals surface area contributed by atoms with E-state index in [0.29, 0.717) is 24.0 Å². The van der Waals surface area contributed by atoms with Crippen molar-refractivity contribution in [1.29, 1.82) is 0 Å². The molecule has 0 aromatic heterocycles. The summed E-state index contributed by atoms with van der Waals surface area (Å²) in [7, 11) is 0. The molecule has 4 nitrogen and oxygen atoms in total. The summed E-state index contributed by atoms with van der Waals surface area (Å²) >= 11 is 0. The van der Waals surface area contributed by atoms with Gasteiger partial charge in [-0.1, -0.05) is 0 Å². The number of nitrogen functional groups attached to an aromatic ring is 1. The Morgan fingerprint density at radius 3 is 3.05 bits per heavy atom. The highest BCUT2D eigenvalue weighted by Gasteiger charge is 2.15. The standard InChI is InChI=1S/C15H21NO3/c1-11-10-12(16)6-7-14(11)15(17)19-9-3-5-13-4-2-8-18-13/h6-7,10,13H,2-5,8-9,16H2,1H3. The van der Waals surface area contributed by atoms with Crippen molar-refractivity contribution in [3.8, 4) is 0 Å². The Labute approximate surface area is 113 Å². The van der Waals surface area contributed by atoms with Crippen molar-refractivity contribution < 1.29 is 14.3 Å². The molecule has 2 rings (SSSR count). The highest BCUT2D eigenvalue weighted by molar-refractivity contribution is 5.91. The molecule has 4 heteroatoms. The molecule has 1 fully saturated rings. The van der Waals surface area contributed by atoms with Crippen LogP contribution in [-0.2, 0) is 9.47 Å². The molecular formula is C15H21NO3. The normalized spacial score (nSPS) is 18.5. The molecule has 0 aliphatic carbocycles. The van der Waals surface area contributed by atoms with Gasteiger partial charge in [0.25, 0.3) is 0 Å². The topological polar surface area (TPSA) is 61.6 Å². The summed E-state index contributed by atoms with van der Waals surface area (Å²) in [4.78, 5) is 11.9. The van der Waals surface area contributed by atoms with Gasteiger partial charge in [-0.25, -0.2) is 4.79 Å².